The van der Waals surface area contributed by atoms with Gasteiger partial charge >= 0.3 is 19.8 Å². The molecule has 0 bridgehead atoms. The van der Waals surface area contributed by atoms with Crippen molar-refractivity contribution in [3.8, 4) is 0 Å². The van der Waals surface area contributed by atoms with Gasteiger partial charge in [-0.1, -0.05) is 198 Å². The average molecular weight is 799 g/mol. The Labute approximate surface area is 336 Å². The molecule has 10 heteroatoms. The van der Waals surface area contributed by atoms with Crippen LogP contribution in [0.1, 0.15) is 213 Å². The smallest absolute Gasteiger partial charge is 0.462 e. The maximum atomic E-state index is 12.4. The normalized spacial score (nSPS) is 13.3. The Morgan fingerprint density at radius 1 is 0.564 bits per heavy atom. The van der Waals surface area contributed by atoms with Gasteiger partial charge in [-0.3, -0.25) is 14.1 Å². The summed E-state index contributed by atoms with van der Waals surface area (Å²) < 4.78 is 26.4. The SMILES string of the molecule is CC/C=C/CC(O)/C=C/C=C/CCCCCCCC(=O)O[C@H](COC(=O)CCCCCCCCCCCCCCCCCCCCCCC)COP(=O)(O)O. The third-order valence-corrected chi connectivity index (χ3v) is 10.2. The molecular weight excluding hydrogens is 715 g/mol. The number of aliphatic hydroxyl groups is 1. The van der Waals surface area contributed by atoms with Gasteiger partial charge in [0.25, 0.3) is 0 Å². The second kappa shape index (κ2) is 40.4. The van der Waals surface area contributed by atoms with Crippen molar-refractivity contribution in [2.75, 3.05) is 13.2 Å². The number of unbranched alkanes of at least 4 members (excludes halogenated alkanes) is 25. The summed E-state index contributed by atoms with van der Waals surface area (Å²) in [6.45, 7) is 3.48. The standard InChI is InChI=1S/C45H83O9P/c1-3-5-7-8-9-10-11-12-13-14-15-16-17-18-19-20-21-24-27-30-34-38-44(47)52-40-43(41-53-55(49,50)51)54-45(48)39-35-31-28-25-22-23-26-29-33-37-42(46)36-32-6-4-2/h6,26,29,32-33,37,42-43,46H,3-5,7-25,27-28,30-31,34-36,38-41H2,1-2H3,(H2,49,50,51)/b29-26+,32-6+,37-33+/t42?,43-/m1/s1. The minimum Gasteiger partial charge on any atom is -0.462 e. The van der Waals surface area contributed by atoms with E-state index in [0.717, 1.165) is 57.8 Å². The number of esters is 2. The lowest BCUT2D eigenvalue weighted by Gasteiger charge is -2.18. The molecule has 0 heterocycles. The Bertz CT molecular complexity index is 1010. The van der Waals surface area contributed by atoms with Crippen molar-refractivity contribution >= 4 is 19.8 Å². The summed E-state index contributed by atoms with van der Waals surface area (Å²) in [7, 11) is -4.77. The second-order valence-corrected chi connectivity index (χ2v) is 16.4. The van der Waals surface area contributed by atoms with Gasteiger partial charge in [0.15, 0.2) is 6.10 Å². The van der Waals surface area contributed by atoms with Gasteiger partial charge in [0, 0.05) is 12.8 Å². The molecule has 0 aliphatic heterocycles. The number of hydrogen-bond acceptors (Lipinski definition) is 7. The number of hydrogen-bond donors (Lipinski definition) is 3. The van der Waals surface area contributed by atoms with E-state index in [1.807, 2.05) is 24.3 Å². The third-order valence-electron chi connectivity index (χ3n) is 9.75. The van der Waals surface area contributed by atoms with Crippen molar-refractivity contribution in [1.29, 1.82) is 0 Å². The van der Waals surface area contributed by atoms with Crippen LogP contribution in [0.25, 0.3) is 0 Å². The molecule has 55 heavy (non-hydrogen) atoms. The van der Waals surface area contributed by atoms with Gasteiger partial charge < -0.3 is 24.4 Å². The highest BCUT2D eigenvalue weighted by atomic mass is 31.2. The van der Waals surface area contributed by atoms with Gasteiger partial charge in [-0.25, -0.2) is 4.57 Å². The fourth-order valence-corrected chi connectivity index (χ4v) is 6.77. The first-order valence-corrected chi connectivity index (χ1v) is 23.9. The molecule has 1 unspecified atom stereocenters. The molecule has 2 atom stereocenters. The van der Waals surface area contributed by atoms with Crippen molar-refractivity contribution in [3.05, 3.63) is 36.5 Å². The van der Waals surface area contributed by atoms with E-state index < -0.39 is 38.6 Å². The predicted molar refractivity (Wildman–Crippen MR) is 227 cm³/mol. The molecule has 0 spiro atoms. The van der Waals surface area contributed by atoms with Gasteiger partial charge in [-0.15, -0.1) is 0 Å². The van der Waals surface area contributed by atoms with E-state index >= 15 is 0 Å². The van der Waals surface area contributed by atoms with Gasteiger partial charge in [-0.05, 0) is 38.5 Å². The van der Waals surface area contributed by atoms with E-state index in [4.69, 9.17) is 19.3 Å². The lowest BCUT2D eigenvalue weighted by molar-refractivity contribution is -0.161. The molecule has 0 saturated carbocycles. The Hall–Kier alpha value is -1.77. The number of ether oxygens (including phenoxy) is 2. The molecule has 322 valence electrons. The average Bonchev–Trinajstić information content (AvgIpc) is 3.15. The number of carbonyl (C=O) groups is 2. The number of phosphoric acid groups is 1. The van der Waals surface area contributed by atoms with Crippen LogP contribution in [0.15, 0.2) is 36.5 Å². The molecule has 0 saturated heterocycles. The van der Waals surface area contributed by atoms with E-state index in [9.17, 15) is 19.3 Å². The van der Waals surface area contributed by atoms with Crippen LogP contribution in [0.2, 0.25) is 0 Å². The van der Waals surface area contributed by atoms with E-state index in [1.54, 1.807) is 6.08 Å². The summed E-state index contributed by atoms with van der Waals surface area (Å²) in [5, 5.41) is 9.85. The molecule has 0 radical (unpaired) electrons. The summed E-state index contributed by atoms with van der Waals surface area (Å²) in [5.74, 6) is -0.930. The molecule has 3 N–H and O–H groups in total. The lowest BCUT2D eigenvalue weighted by atomic mass is 10.0. The van der Waals surface area contributed by atoms with Crippen molar-refractivity contribution in [2.45, 2.75) is 225 Å². The number of allylic oxidation sites excluding steroid dienone is 4. The van der Waals surface area contributed by atoms with Crippen molar-refractivity contribution in [2.24, 2.45) is 0 Å². The van der Waals surface area contributed by atoms with Crippen LogP contribution in [-0.2, 0) is 28.2 Å². The fourth-order valence-electron chi connectivity index (χ4n) is 6.41. The Kier molecular flexibility index (Phi) is 39.1. The van der Waals surface area contributed by atoms with Crippen LogP contribution in [0.3, 0.4) is 0 Å². The van der Waals surface area contributed by atoms with Crippen LogP contribution < -0.4 is 0 Å². The summed E-state index contributed by atoms with van der Waals surface area (Å²) in [5.41, 5.74) is 0. The highest BCUT2D eigenvalue weighted by Gasteiger charge is 2.23. The first-order chi connectivity index (χ1) is 26.7. The Morgan fingerprint density at radius 2 is 1.02 bits per heavy atom. The van der Waals surface area contributed by atoms with E-state index in [1.165, 1.54) is 116 Å². The van der Waals surface area contributed by atoms with Crippen LogP contribution in [0.5, 0.6) is 0 Å². The highest BCUT2D eigenvalue weighted by Crippen LogP contribution is 2.36. The zero-order valence-corrected chi connectivity index (χ0v) is 36.1. The Balaban J connectivity index is 3.89. The summed E-state index contributed by atoms with van der Waals surface area (Å²) in [6, 6.07) is 0. The number of rotatable bonds is 41. The topological polar surface area (TPSA) is 140 Å². The number of phosphoric ester groups is 1. The molecule has 0 aromatic rings. The number of carbonyl (C=O) groups excluding carboxylic acids is 2. The molecule has 0 amide bonds. The van der Waals surface area contributed by atoms with E-state index in [-0.39, 0.29) is 19.4 Å². The molecule has 0 fully saturated rings. The highest BCUT2D eigenvalue weighted by molar-refractivity contribution is 7.46. The largest absolute Gasteiger partial charge is 0.469 e. The maximum absolute atomic E-state index is 12.4. The van der Waals surface area contributed by atoms with Gasteiger partial charge in [-0.2, -0.15) is 0 Å². The summed E-state index contributed by atoms with van der Waals surface area (Å²) >= 11 is 0. The Morgan fingerprint density at radius 3 is 1.49 bits per heavy atom. The molecule has 9 nitrogen and oxygen atoms in total. The first-order valence-electron chi connectivity index (χ1n) is 22.4. The fraction of sp³-hybridized carbons (Fsp3) is 0.822. The molecule has 0 aliphatic carbocycles. The van der Waals surface area contributed by atoms with Gasteiger partial charge in [0.1, 0.15) is 6.61 Å². The third kappa shape index (κ3) is 43.2. The second-order valence-electron chi connectivity index (χ2n) is 15.2. The molecule has 0 aromatic carbocycles. The minimum atomic E-state index is -4.77. The lowest BCUT2D eigenvalue weighted by Crippen LogP contribution is -2.29. The van der Waals surface area contributed by atoms with E-state index in [0.29, 0.717) is 12.8 Å². The molecule has 0 rings (SSSR count). The monoisotopic (exact) mass is 799 g/mol. The quantitative estimate of drug-likeness (QED) is 0.0181. The summed E-state index contributed by atoms with van der Waals surface area (Å²) in [4.78, 5) is 42.9. The molecule has 0 aromatic heterocycles. The van der Waals surface area contributed by atoms with Crippen molar-refractivity contribution in [3.63, 3.8) is 0 Å². The van der Waals surface area contributed by atoms with Crippen molar-refractivity contribution in [1.82, 2.24) is 0 Å². The van der Waals surface area contributed by atoms with Crippen LogP contribution >= 0.6 is 7.82 Å². The van der Waals surface area contributed by atoms with Crippen LogP contribution in [-0.4, -0.2) is 52.3 Å². The van der Waals surface area contributed by atoms with Gasteiger partial charge in [0.05, 0.1) is 12.7 Å². The minimum absolute atomic E-state index is 0.167. The van der Waals surface area contributed by atoms with Crippen molar-refractivity contribution < 1.29 is 43.0 Å². The zero-order chi connectivity index (χ0) is 40.5. The predicted octanol–water partition coefficient (Wildman–Crippen LogP) is 12.7. The number of aliphatic hydroxyl groups excluding tert-OH is 1. The summed E-state index contributed by atoms with van der Waals surface area (Å²) in [6.07, 6.45) is 44.9. The van der Waals surface area contributed by atoms with Gasteiger partial charge in [0.2, 0.25) is 0 Å². The van der Waals surface area contributed by atoms with Crippen LogP contribution in [0.4, 0.5) is 0 Å². The first kappa shape index (κ1) is 53.2. The molecular formula is C45H83O9P. The van der Waals surface area contributed by atoms with Crippen LogP contribution in [0, 0.1) is 0 Å². The zero-order valence-electron chi connectivity index (χ0n) is 35.2. The van der Waals surface area contributed by atoms with E-state index in [2.05, 4.69) is 24.4 Å². The maximum Gasteiger partial charge on any atom is 0.469 e. The molecule has 0 aliphatic rings.